The molecule has 0 saturated heterocycles. The van der Waals surface area contributed by atoms with Crippen LogP contribution in [0.25, 0.3) is 0 Å². The molecule has 0 aromatic carbocycles. The molecule has 0 saturated carbocycles. The second-order valence-electron chi connectivity index (χ2n) is 7.08. The van der Waals surface area contributed by atoms with Gasteiger partial charge in [-0.15, -0.1) is 0 Å². The van der Waals surface area contributed by atoms with E-state index in [0.717, 1.165) is 19.3 Å². The summed E-state index contributed by atoms with van der Waals surface area (Å²) in [6, 6.07) is 0. The minimum atomic E-state index is -2.10. The van der Waals surface area contributed by atoms with Gasteiger partial charge < -0.3 is 20.1 Å². The molecule has 27 heavy (non-hydrogen) atoms. The fourth-order valence-electron chi connectivity index (χ4n) is 3.15. The standard InChI is InChI=1S/C20H32O7/c1-2-3-4-5-6-7-8-9-10-11-12-13-14(21)15-16(22)18(27-20(15)26)17(23)19(24)25/h17-18,22-23H,2-13H2,1H3,(H,24,25). The molecule has 0 spiro atoms. The van der Waals surface area contributed by atoms with Gasteiger partial charge >= 0.3 is 11.9 Å². The van der Waals surface area contributed by atoms with E-state index < -0.39 is 41.3 Å². The van der Waals surface area contributed by atoms with E-state index in [1.807, 2.05) is 0 Å². The van der Waals surface area contributed by atoms with E-state index in [1.54, 1.807) is 0 Å². The number of hydrogen-bond donors (Lipinski definition) is 3. The van der Waals surface area contributed by atoms with Gasteiger partial charge in [0.05, 0.1) is 0 Å². The Bertz CT molecular complexity index is 538. The smallest absolute Gasteiger partial charge is 0.346 e. The van der Waals surface area contributed by atoms with E-state index in [4.69, 9.17) is 5.11 Å². The highest BCUT2D eigenvalue weighted by molar-refractivity contribution is 6.19. The number of aliphatic hydroxyl groups excluding tert-OH is 2. The highest BCUT2D eigenvalue weighted by Gasteiger charge is 2.44. The minimum absolute atomic E-state index is 0.0847. The number of esters is 1. The van der Waals surface area contributed by atoms with Gasteiger partial charge in [0.15, 0.2) is 23.8 Å². The first-order valence-electron chi connectivity index (χ1n) is 9.98. The van der Waals surface area contributed by atoms with E-state index in [9.17, 15) is 24.6 Å². The van der Waals surface area contributed by atoms with Crippen molar-refractivity contribution in [2.45, 2.75) is 96.2 Å². The van der Waals surface area contributed by atoms with E-state index in [-0.39, 0.29) is 6.42 Å². The van der Waals surface area contributed by atoms with Gasteiger partial charge in [0.25, 0.3) is 0 Å². The van der Waals surface area contributed by atoms with E-state index in [1.165, 1.54) is 44.9 Å². The summed E-state index contributed by atoms with van der Waals surface area (Å²) in [5.41, 5.74) is -0.535. The number of carbonyl (C=O) groups excluding carboxylic acids is 2. The van der Waals surface area contributed by atoms with Gasteiger partial charge in [-0.2, -0.15) is 0 Å². The van der Waals surface area contributed by atoms with Crippen molar-refractivity contribution < 1.29 is 34.4 Å². The molecule has 3 N–H and O–H groups in total. The number of ketones is 1. The van der Waals surface area contributed by atoms with Crippen molar-refractivity contribution in [1.82, 2.24) is 0 Å². The van der Waals surface area contributed by atoms with Crippen LogP contribution in [0.1, 0.15) is 84.0 Å². The van der Waals surface area contributed by atoms with Crippen molar-refractivity contribution in [2.75, 3.05) is 0 Å². The van der Waals surface area contributed by atoms with E-state index in [2.05, 4.69) is 11.7 Å². The van der Waals surface area contributed by atoms with Crippen LogP contribution in [0.3, 0.4) is 0 Å². The Morgan fingerprint density at radius 3 is 1.93 bits per heavy atom. The number of Topliss-reactive ketones (excluding diaryl/α,β-unsaturated/α-hetero) is 1. The molecule has 0 aromatic rings. The number of rotatable bonds is 15. The molecule has 0 bridgehead atoms. The maximum Gasteiger partial charge on any atom is 0.346 e. The first kappa shape index (κ1) is 23.1. The summed E-state index contributed by atoms with van der Waals surface area (Å²) in [6.07, 6.45) is 8.72. The Balaban J connectivity index is 2.23. The molecule has 0 fully saturated rings. The van der Waals surface area contributed by atoms with Crippen LogP contribution in [-0.2, 0) is 19.1 Å². The van der Waals surface area contributed by atoms with Crippen LogP contribution in [0.4, 0.5) is 0 Å². The number of hydrogen-bond acceptors (Lipinski definition) is 6. The van der Waals surface area contributed by atoms with Gasteiger partial charge in [0, 0.05) is 6.42 Å². The Morgan fingerprint density at radius 2 is 1.44 bits per heavy atom. The van der Waals surface area contributed by atoms with Crippen LogP contribution >= 0.6 is 0 Å². The third kappa shape index (κ3) is 7.71. The first-order valence-corrected chi connectivity index (χ1v) is 9.98. The summed E-state index contributed by atoms with van der Waals surface area (Å²) in [4.78, 5) is 34.6. The molecule has 7 heteroatoms. The quantitative estimate of drug-likeness (QED) is 0.225. The zero-order valence-electron chi connectivity index (χ0n) is 16.1. The lowest BCUT2D eigenvalue weighted by molar-refractivity contribution is -0.159. The molecule has 154 valence electrons. The first-order chi connectivity index (χ1) is 12.9. The third-order valence-electron chi connectivity index (χ3n) is 4.79. The van der Waals surface area contributed by atoms with Crippen molar-refractivity contribution in [1.29, 1.82) is 0 Å². The van der Waals surface area contributed by atoms with Crippen molar-refractivity contribution >= 4 is 17.7 Å². The monoisotopic (exact) mass is 384 g/mol. The van der Waals surface area contributed by atoms with Gasteiger partial charge in [-0.05, 0) is 6.42 Å². The molecule has 1 rings (SSSR count). The third-order valence-corrected chi connectivity index (χ3v) is 4.79. The summed E-state index contributed by atoms with van der Waals surface area (Å²) >= 11 is 0. The highest BCUT2D eigenvalue weighted by Crippen LogP contribution is 2.25. The van der Waals surface area contributed by atoms with Crippen molar-refractivity contribution in [3.8, 4) is 0 Å². The topological polar surface area (TPSA) is 121 Å². The number of aliphatic hydroxyl groups is 2. The number of cyclic esters (lactones) is 1. The lowest BCUT2D eigenvalue weighted by Crippen LogP contribution is -2.35. The Morgan fingerprint density at radius 1 is 0.963 bits per heavy atom. The average molecular weight is 384 g/mol. The molecule has 0 amide bonds. The zero-order chi connectivity index (χ0) is 20.2. The van der Waals surface area contributed by atoms with E-state index >= 15 is 0 Å². The number of unbranched alkanes of at least 4 members (excludes halogenated alkanes) is 10. The molecule has 2 atom stereocenters. The molecule has 1 heterocycles. The molecule has 0 aliphatic carbocycles. The number of carboxylic acids is 1. The van der Waals surface area contributed by atoms with Crippen LogP contribution in [0.15, 0.2) is 11.3 Å². The van der Waals surface area contributed by atoms with Crippen molar-refractivity contribution in [3.63, 3.8) is 0 Å². The molecule has 7 nitrogen and oxygen atoms in total. The molecule has 2 unspecified atom stereocenters. The van der Waals surface area contributed by atoms with Crippen LogP contribution in [0, 0.1) is 0 Å². The summed E-state index contributed by atoms with van der Waals surface area (Å²) in [5.74, 6) is -4.08. The van der Waals surface area contributed by atoms with Crippen LogP contribution in [-0.4, -0.2) is 45.2 Å². The molecule has 0 radical (unpaired) electrons. The number of aliphatic carboxylic acids is 1. The Labute approximate surface area is 160 Å². The summed E-state index contributed by atoms with van der Waals surface area (Å²) in [5, 5.41) is 28.0. The largest absolute Gasteiger partial charge is 0.507 e. The van der Waals surface area contributed by atoms with Gasteiger partial charge in [0.1, 0.15) is 5.57 Å². The Kier molecular flexibility index (Phi) is 10.7. The summed E-state index contributed by atoms with van der Waals surface area (Å²) in [6.45, 7) is 2.20. The highest BCUT2D eigenvalue weighted by atomic mass is 16.6. The van der Waals surface area contributed by atoms with Crippen molar-refractivity contribution in [2.24, 2.45) is 0 Å². The second kappa shape index (κ2) is 12.5. The predicted octanol–water partition coefficient (Wildman–Crippen LogP) is 3.44. The maximum absolute atomic E-state index is 12.1. The lowest BCUT2D eigenvalue weighted by atomic mass is 10.0. The van der Waals surface area contributed by atoms with Crippen LogP contribution < -0.4 is 0 Å². The normalized spacial score (nSPS) is 17.9. The molecule has 0 aromatic heterocycles. The van der Waals surface area contributed by atoms with Gasteiger partial charge in [-0.1, -0.05) is 71.1 Å². The van der Waals surface area contributed by atoms with Gasteiger partial charge in [-0.3, -0.25) is 4.79 Å². The average Bonchev–Trinajstić information content (AvgIpc) is 2.93. The number of carboxylic acid groups (broad SMARTS) is 1. The Hall–Kier alpha value is -1.89. The van der Waals surface area contributed by atoms with Crippen LogP contribution in [0.5, 0.6) is 0 Å². The maximum atomic E-state index is 12.1. The molecule has 1 aliphatic rings. The lowest BCUT2D eigenvalue weighted by Gasteiger charge is -2.12. The zero-order valence-corrected chi connectivity index (χ0v) is 16.1. The second-order valence-corrected chi connectivity index (χ2v) is 7.08. The number of ether oxygens (including phenoxy) is 1. The number of carbonyl (C=O) groups is 3. The predicted molar refractivity (Wildman–Crippen MR) is 99.3 cm³/mol. The SMILES string of the molecule is CCCCCCCCCCCCCC(=O)C1=C(O)C(C(O)C(=O)O)OC1=O. The van der Waals surface area contributed by atoms with E-state index in [0.29, 0.717) is 6.42 Å². The minimum Gasteiger partial charge on any atom is -0.507 e. The fourth-order valence-corrected chi connectivity index (χ4v) is 3.15. The van der Waals surface area contributed by atoms with Gasteiger partial charge in [-0.25, -0.2) is 9.59 Å². The van der Waals surface area contributed by atoms with Crippen LogP contribution in [0.2, 0.25) is 0 Å². The molecule has 1 aliphatic heterocycles. The summed E-state index contributed by atoms with van der Waals surface area (Å²) < 4.78 is 4.62. The molecular weight excluding hydrogens is 352 g/mol. The summed E-state index contributed by atoms with van der Waals surface area (Å²) in [7, 11) is 0. The van der Waals surface area contributed by atoms with Crippen molar-refractivity contribution in [3.05, 3.63) is 11.3 Å². The van der Waals surface area contributed by atoms with Gasteiger partial charge in [0.2, 0.25) is 0 Å². The molecular formula is C20H32O7. The fraction of sp³-hybridized carbons (Fsp3) is 0.750.